The van der Waals surface area contributed by atoms with Crippen molar-refractivity contribution in [2.75, 3.05) is 13.7 Å². The zero-order chi connectivity index (χ0) is 11.3. The first-order chi connectivity index (χ1) is 7.24. The van der Waals surface area contributed by atoms with Gasteiger partial charge in [-0.2, -0.15) is 0 Å². The topological polar surface area (TPSA) is 18.5 Å². The van der Waals surface area contributed by atoms with Crippen LogP contribution in [-0.2, 0) is 0 Å². The number of hydrogen-bond donors (Lipinski definition) is 0. The van der Waals surface area contributed by atoms with Gasteiger partial charge in [0.25, 0.3) is 0 Å². The van der Waals surface area contributed by atoms with Gasteiger partial charge in [0.05, 0.1) is 13.7 Å². The van der Waals surface area contributed by atoms with Crippen LogP contribution in [0.25, 0.3) is 0 Å². The molecule has 0 saturated carbocycles. The number of terminal acetylenes is 1. The summed E-state index contributed by atoms with van der Waals surface area (Å²) in [5, 5.41) is 0. The molecule has 1 aromatic carbocycles. The summed E-state index contributed by atoms with van der Waals surface area (Å²) >= 11 is 0. The zero-order valence-electron chi connectivity index (χ0n) is 9.41. The summed E-state index contributed by atoms with van der Waals surface area (Å²) in [6.45, 7) is 4.52. The van der Waals surface area contributed by atoms with Crippen molar-refractivity contribution in [3.8, 4) is 23.8 Å². The molecule has 0 aliphatic heterocycles. The highest BCUT2D eigenvalue weighted by molar-refractivity contribution is 5.49. The standard InChI is InChI=1S/C13H16O2/c1-5-10(3)11-8-7-9-12(15-6-2)13(11)14-4/h1,7-10H,6H2,2-4H3. The molecule has 1 aromatic rings. The van der Waals surface area contributed by atoms with E-state index in [2.05, 4.69) is 5.92 Å². The van der Waals surface area contributed by atoms with Gasteiger partial charge in [0, 0.05) is 11.5 Å². The molecular weight excluding hydrogens is 188 g/mol. The minimum absolute atomic E-state index is 0.0281. The van der Waals surface area contributed by atoms with E-state index >= 15 is 0 Å². The van der Waals surface area contributed by atoms with Gasteiger partial charge in [0.2, 0.25) is 0 Å². The summed E-state index contributed by atoms with van der Waals surface area (Å²) in [6, 6.07) is 5.78. The lowest BCUT2D eigenvalue weighted by Crippen LogP contribution is -2.00. The lowest BCUT2D eigenvalue weighted by molar-refractivity contribution is 0.309. The van der Waals surface area contributed by atoms with Crippen LogP contribution in [0.5, 0.6) is 11.5 Å². The third-order valence-corrected chi connectivity index (χ3v) is 2.23. The largest absolute Gasteiger partial charge is 0.493 e. The van der Waals surface area contributed by atoms with E-state index in [-0.39, 0.29) is 5.92 Å². The molecule has 0 amide bonds. The van der Waals surface area contributed by atoms with Crippen LogP contribution in [0.4, 0.5) is 0 Å². The molecule has 0 saturated heterocycles. The van der Waals surface area contributed by atoms with E-state index in [9.17, 15) is 0 Å². The molecule has 1 rings (SSSR count). The van der Waals surface area contributed by atoms with Crippen LogP contribution in [0.3, 0.4) is 0 Å². The van der Waals surface area contributed by atoms with Gasteiger partial charge in [-0.05, 0) is 19.9 Å². The molecule has 15 heavy (non-hydrogen) atoms. The Hall–Kier alpha value is -1.62. The van der Waals surface area contributed by atoms with Crippen LogP contribution in [0.15, 0.2) is 18.2 Å². The predicted molar refractivity (Wildman–Crippen MR) is 61.4 cm³/mol. The van der Waals surface area contributed by atoms with E-state index in [1.54, 1.807) is 7.11 Å². The summed E-state index contributed by atoms with van der Waals surface area (Å²) in [5.41, 5.74) is 0.992. The van der Waals surface area contributed by atoms with Crippen LogP contribution in [0.2, 0.25) is 0 Å². The molecule has 0 aliphatic rings. The Kier molecular flexibility index (Phi) is 4.05. The normalized spacial score (nSPS) is 11.6. The van der Waals surface area contributed by atoms with Crippen molar-refractivity contribution in [1.82, 2.24) is 0 Å². The quantitative estimate of drug-likeness (QED) is 0.702. The molecule has 80 valence electrons. The van der Waals surface area contributed by atoms with Gasteiger partial charge in [-0.1, -0.05) is 18.1 Å². The first-order valence-corrected chi connectivity index (χ1v) is 5.00. The molecule has 2 heteroatoms. The van der Waals surface area contributed by atoms with E-state index < -0.39 is 0 Å². The molecule has 0 aromatic heterocycles. The first kappa shape index (κ1) is 11.5. The Morgan fingerprint density at radius 2 is 2.20 bits per heavy atom. The number of rotatable bonds is 4. The highest BCUT2D eigenvalue weighted by atomic mass is 16.5. The van der Waals surface area contributed by atoms with Crippen molar-refractivity contribution in [3.05, 3.63) is 23.8 Å². The summed E-state index contributed by atoms with van der Waals surface area (Å²) < 4.78 is 10.8. The Morgan fingerprint density at radius 3 is 2.73 bits per heavy atom. The molecule has 1 unspecified atom stereocenters. The average molecular weight is 204 g/mol. The Balaban J connectivity index is 3.16. The highest BCUT2D eigenvalue weighted by Crippen LogP contribution is 2.35. The molecule has 0 heterocycles. The van der Waals surface area contributed by atoms with Crippen LogP contribution >= 0.6 is 0 Å². The second-order valence-electron chi connectivity index (χ2n) is 3.20. The average Bonchev–Trinajstić information content (AvgIpc) is 2.28. The van der Waals surface area contributed by atoms with E-state index in [1.807, 2.05) is 32.0 Å². The maximum atomic E-state index is 5.47. The van der Waals surface area contributed by atoms with Gasteiger partial charge in [-0.25, -0.2) is 0 Å². The van der Waals surface area contributed by atoms with E-state index in [4.69, 9.17) is 15.9 Å². The monoisotopic (exact) mass is 204 g/mol. The summed E-state index contributed by atoms with van der Waals surface area (Å²) in [4.78, 5) is 0. The van der Waals surface area contributed by atoms with Crippen LogP contribution in [-0.4, -0.2) is 13.7 Å². The smallest absolute Gasteiger partial charge is 0.165 e. The fourth-order valence-electron chi connectivity index (χ4n) is 1.45. The molecule has 0 N–H and O–H groups in total. The predicted octanol–water partition coefficient (Wildman–Crippen LogP) is 2.83. The lowest BCUT2D eigenvalue weighted by Gasteiger charge is -2.15. The third kappa shape index (κ3) is 2.44. The Bertz CT molecular complexity index is 363. The molecule has 1 atom stereocenters. The van der Waals surface area contributed by atoms with Crippen molar-refractivity contribution in [1.29, 1.82) is 0 Å². The minimum Gasteiger partial charge on any atom is -0.493 e. The number of hydrogen-bond acceptors (Lipinski definition) is 2. The maximum absolute atomic E-state index is 5.47. The van der Waals surface area contributed by atoms with Gasteiger partial charge in [-0.15, -0.1) is 6.42 Å². The summed E-state index contributed by atoms with van der Waals surface area (Å²) in [6.07, 6.45) is 5.41. The maximum Gasteiger partial charge on any atom is 0.165 e. The molecular formula is C13H16O2. The van der Waals surface area contributed by atoms with Crippen LogP contribution in [0, 0.1) is 12.3 Å². The van der Waals surface area contributed by atoms with E-state index in [0.717, 1.165) is 17.1 Å². The molecule has 0 spiro atoms. The van der Waals surface area contributed by atoms with Gasteiger partial charge in [0.15, 0.2) is 11.5 Å². The van der Waals surface area contributed by atoms with Crippen molar-refractivity contribution in [2.45, 2.75) is 19.8 Å². The molecule has 0 radical (unpaired) electrons. The zero-order valence-corrected chi connectivity index (χ0v) is 9.41. The second kappa shape index (κ2) is 5.31. The fourth-order valence-corrected chi connectivity index (χ4v) is 1.45. The van der Waals surface area contributed by atoms with Gasteiger partial charge < -0.3 is 9.47 Å². The number of benzene rings is 1. The summed E-state index contributed by atoms with van der Waals surface area (Å²) in [5.74, 6) is 4.21. The van der Waals surface area contributed by atoms with Crippen molar-refractivity contribution >= 4 is 0 Å². The van der Waals surface area contributed by atoms with Crippen molar-refractivity contribution < 1.29 is 9.47 Å². The van der Waals surface area contributed by atoms with Crippen LogP contribution in [0.1, 0.15) is 25.3 Å². The number of para-hydroxylation sites is 1. The molecule has 2 nitrogen and oxygen atoms in total. The first-order valence-electron chi connectivity index (χ1n) is 5.00. The fraction of sp³-hybridized carbons (Fsp3) is 0.385. The molecule has 0 fully saturated rings. The van der Waals surface area contributed by atoms with Crippen molar-refractivity contribution in [3.63, 3.8) is 0 Å². The number of methoxy groups -OCH3 is 1. The summed E-state index contributed by atoms with van der Waals surface area (Å²) in [7, 11) is 1.63. The lowest BCUT2D eigenvalue weighted by atomic mass is 10.0. The molecule has 0 bridgehead atoms. The Labute approximate surface area is 91.2 Å². The SMILES string of the molecule is C#CC(C)c1cccc(OCC)c1OC. The third-order valence-electron chi connectivity index (χ3n) is 2.23. The van der Waals surface area contributed by atoms with E-state index in [0.29, 0.717) is 6.61 Å². The van der Waals surface area contributed by atoms with Crippen molar-refractivity contribution in [2.24, 2.45) is 0 Å². The van der Waals surface area contributed by atoms with Gasteiger partial charge in [-0.3, -0.25) is 0 Å². The van der Waals surface area contributed by atoms with E-state index in [1.165, 1.54) is 0 Å². The number of ether oxygens (including phenoxy) is 2. The van der Waals surface area contributed by atoms with Gasteiger partial charge in [0.1, 0.15) is 0 Å². The second-order valence-corrected chi connectivity index (χ2v) is 3.20. The molecule has 0 aliphatic carbocycles. The highest BCUT2D eigenvalue weighted by Gasteiger charge is 2.13. The Morgan fingerprint density at radius 1 is 1.47 bits per heavy atom. The van der Waals surface area contributed by atoms with Crippen LogP contribution < -0.4 is 9.47 Å². The minimum atomic E-state index is 0.0281. The van der Waals surface area contributed by atoms with Gasteiger partial charge >= 0.3 is 0 Å².